The van der Waals surface area contributed by atoms with Crippen LogP contribution in [-0.2, 0) is 25.8 Å². The van der Waals surface area contributed by atoms with Crippen molar-refractivity contribution >= 4 is 0 Å². The monoisotopic (exact) mass is 237 g/mol. The topological polar surface area (TPSA) is 0 Å². The van der Waals surface area contributed by atoms with Crippen LogP contribution in [0.5, 0.6) is 0 Å². The van der Waals surface area contributed by atoms with Crippen LogP contribution < -0.4 is 0 Å². The first-order valence-corrected chi connectivity index (χ1v) is 1.56. The Bertz CT molecular complexity index is 8.36. The average molecular weight is 236 g/mol. The third-order valence-electron chi connectivity index (χ3n) is 0. The van der Waals surface area contributed by atoms with E-state index in [9.17, 15) is 0 Å². The van der Waals surface area contributed by atoms with Crippen molar-refractivity contribution in [3.05, 3.63) is 6.92 Å². The quantitative estimate of drug-likeness (QED) is 0.441. The predicted octanol–water partition coefficient (Wildman–Crippen LogP) is 1.47. The summed E-state index contributed by atoms with van der Waals surface area (Å²) in [4.78, 5) is 0. The number of hydrogen-bond donors (Lipinski definition) is 0. The Hall–Kier alpha value is 0.870. The molecule has 0 unspecified atom stereocenters. The summed E-state index contributed by atoms with van der Waals surface area (Å²) in [7, 11) is 0. The second-order valence-electron chi connectivity index (χ2n) is 1.39. The first-order chi connectivity index (χ1) is 1.73. The van der Waals surface area contributed by atoms with E-state index in [0.717, 1.165) is 0 Å². The zero-order valence-electron chi connectivity index (χ0n) is 3.78. The van der Waals surface area contributed by atoms with Gasteiger partial charge in [-0.05, 0) is 0 Å². The van der Waals surface area contributed by atoms with Crippen LogP contribution in [0.25, 0.3) is 0 Å². The van der Waals surface area contributed by atoms with Crippen LogP contribution in [0.2, 0.25) is 0 Å². The molecule has 0 aliphatic heterocycles. The standard InChI is InChI=1S/C4H9.Hf/c1-4(2)3;/h4H,1H2,2-3H3;/q-1;. The van der Waals surface area contributed by atoms with Crippen LogP contribution in [0.1, 0.15) is 13.8 Å². The van der Waals surface area contributed by atoms with E-state index in [1.807, 2.05) is 0 Å². The summed E-state index contributed by atoms with van der Waals surface area (Å²) in [5.74, 6) is 0.583. The molecule has 0 atom stereocenters. The fourth-order valence-electron chi connectivity index (χ4n) is 0. The first-order valence-electron chi connectivity index (χ1n) is 1.56. The molecule has 0 aliphatic rings. The molecule has 30 valence electrons. The summed E-state index contributed by atoms with van der Waals surface area (Å²) < 4.78 is 0. The molecule has 0 aromatic rings. The van der Waals surface area contributed by atoms with Crippen LogP contribution in [0.3, 0.4) is 0 Å². The van der Waals surface area contributed by atoms with Crippen LogP contribution >= 0.6 is 0 Å². The van der Waals surface area contributed by atoms with Crippen LogP contribution in [0, 0.1) is 12.8 Å². The average Bonchev–Trinajstić information content (AvgIpc) is 0.811. The van der Waals surface area contributed by atoms with Gasteiger partial charge in [0.05, 0.1) is 0 Å². The summed E-state index contributed by atoms with van der Waals surface area (Å²) in [6.45, 7) is 7.75. The van der Waals surface area contributed by atoms with Gasteiger partial charge in [0.1, 0.15) is 0 Å². The molecule has 0 rings (SSSR count). The van der Waals surface area contributed by atoms with Gasteiger partial charge in [-0.25, -0.2) is 0 Å². The maximum atomic E-state index is 3.64. The minimum absolute atomic E-state index is 0. The Labute approximate surface area is 52.7 Å². The summed E-state index contributed by atoms with van der Waals surface area (Å²) in [6, 6.07) is 0. The SMILES string of the molecule is [CH2-]C(C)C.[Hf]. The van der Waals surface area contributed by atoms with Gasteiger partial charge in [0.15, 0.2) is 0 Å². The van der Waals surface area contributed by atoms with E-state index in [1.165, 1.54) is 0 Å². The molecule has 0 aliphatic carbocycles. The molecule has 1 heteroatoms. The van der Waals surface area contributed by atoms with E-state index in [2.05, 4.69) is 20.8 Å². The number of rotatable bonds is 0. The van der Waals surface area contributed by atoms with E-state index >= 15 is 0 Å². The molecule has 0 nitrogen and oxygen atoms in total. The van der Waals surface area contributed by atoms with Gasteiger partial charge in [-0.3, -0.25) is 0 Å². The Morgan fingerprint density at radius 1 is 1.40 bits per heavy atom. The second kappa shape index (κ2) is 4.87. The molecule has 0 spiro atoms. The summed E-state index contributed by atoms with van der Waals surface area (Å²) in [6.07, 6.45) is 0. The third-order valence-corrected chi connectivity index (χ3v) is 0. The van der Waals surface area contributed by atoms with E-state index in [0.29, 0.717) is 5.92 Å². The Balaban J connectivity index is 0. The zero-order valence-corrected chi connectivity index (χ0v) is 7.38. The van der Waals surface area contributed by atoms with Crippen molar-refractivity contribution < 1.29 is 25.8 Å². The molecule has 0 saturated heterocycles. The van der Waals surface area contributed by atoms with Crippen molar-refractivity contribution in [2.45, 2.75) is 13.8 Å². The molecule has 0 saturated carbocycles. The van der Waals surface area contributed by atoms with Gasteiger partial charge in [0.2, 0.25) is 0 Å². The molecule has 0 radical (unpaired) electrons. The summed E-state index contributed by atoms with van der Waals surface area (Å²) >= 11 is 0. The molecule has 0 bridgehead atoms. The van der Waals surface area contributed by atoms with Crippen molar-refractivity contribution in [1.82, 2.24) is 0 Å². The maximum Gasteiger partial charge on any atom is 0 e. The molecule has 0 amide bonds. The third kappa shape index (κ3) is 53.0. The van der Waals surface area contributed by atoms with Crippen LogP contribution in [0.4, 0.5) is 0 Å². The fourth-order valence-corrected chi connectivity index (χ4v) is 0. The van der Waals surface area contributed by atoms with Gasteiger partial charge in [-0.1, -0.05) is 13.8 Å². The molecule has 0 heterocycles. The summed E-state index contributed by atoms with van der Waals surface area (Å²) in [5.41, 5.74) is 0. The molecule has 0 fully saturated rings. The fraction of sp³-hybridized carbons (Fsp3) is 0.750. The van der Waals surface area contributed by atoms with Crippen molar-refractivity contribution in [2.75, 3.05) is 0 Å². The number of hydrogen-bond acceptors (Lipinski definition) is 0. The minimum Gasteiger partial charge on any atom is -0.341 e. The molecule has 5 heavy (non-hydrogen) atoms. The zero-order chi connectivity index (χ0) is 3.58. The molecule has 0 N–H and O–H groups in total. The molecule has 0 aromatic heterocycles. The smallest absolute Gasteiger partial charge is 0 e. The van der Waals surface area contributed by atoms with Gasteiger partial charge in [0, 0.05) is 25.8 Å². The van der Waals surface area contributed by atoms with E-state index in [4.69, 9.17) is 0 Å². The van der Waals surface area contributed by atoms with Gasteiger partial charge in [-0.15, -0.1) is 0 Å². The Morgan fingerprint density at radius 3 is 1.40 bits per heavy atom. The van der Waals surface area contributed by atoms with Crippen molar-refractivity contribution in [3.8, 4) is 0 Å². The van der Waals surface area contributed by atoms with Crippen molar-refractivity contribution in [2.24, 2.45) is 5.92 Å². The molecular weight excluding hydrogens is 227 g/mol. The minimum atomic E-state index is 0. The maximum absolute atomic E-state index is 3.64. The Kier molecular flexibility index (Phi) is 9.05. The normalized spacial score (nSPS) is 7.20. The van der Waals surface area contributed by atoms with Crippen molar-refractivity contribution in [1.29, 1.82) is 0 Å². The van der Waals surface area contributed by atoms with E-state index in [-0.39, 0.29) is 25.8 Å². The second-order valence-corrected chi connectivity index (χ2v) is 1.39. The first kappa shape index (κ1) is 9.30. The van der Waals surface area contributed by atoms with E-state index in [1.54, 1.807) is 0 Å². The van der Waals surface area contributed by atoms with Crippen LogP contribution in [-0.4, -0.2) is 0 Å². The largest absolute Gasteiger partial charge is 0.341 e. The van der Waals surface area contributed by atoms with E-state index < -0.39 is 0 Å². The Morgan fingerprint density at radius 2 is 1.40 bits per heavy atom. The van der Waals surface area contributed by atoms with Gasteiger partial charge in [0.25, 0.3) is 0 Å². The molecular formula is C4H9Hf-. The van der Waals surface area contributed by atoms with Crippen molar-refractivity contribution in [3.63, 3.8) is 0 Å². The summed E-state index contributed by atoms with van der Waals surface area (Å²) in [5, 5.41) is 0. The van der Waals surface area contributed by atoms with Gasteiger partial charge < -0.3 is 6.92 Å². The van der Waals surface area contributed by atoms with Gasteiger partial charge in [-0.2, -0.15) is 5.92 Å². The molecule has 0 aromatic carbocycles. The van der Waals surface area contributed by atoms with Crippen LogP contribution in [0.15, 0.2) is 0 Å². The van der Waals surface area contributed by atoms with Gasteiger partial charge >= 0.3 is 0 Å². The predicted molar refractivity (Wildman–Crippen MR) is 20.2 cm³/mol.